The van der Waals surface area contributed by atoms with Crippen LogP contribution in [0.1, 0.15) is 69.0 Å². The normalized spacial score (nSPS) is 23.6. The number of esters is 2. The molecule has 2 aromatic heterocycles. The Hall–Kier alpha value is -4.10. The number of benzene rings is 2. The monoisotopic (exact) mass is 828 g/mol. The van der Waals surface area contributed by atoms with E-state index in [1.807, 2.05) is 50.2 Å². The van der Waals surface area contributed by atoms with Crippen molar-refractivity contribution in [3.63, 3.8) is 0 Å². The number of nitrogens with one attached hydrogen (secondary N) is 1. The van der Waals surface area contributed by atoms with Crippen LogP contribution in [0.4, 0.5) is 4.79 Å². The summed E-state index contributed by atoms with van der Waals surface area (Å²) in [6.07, 6.45) is 3.52. The van der Waals surface area contributed by atoms with Crippen molar-refractivity contribution in [2.75, 3.05) is 27.3 Å². The van der Waals surface area contributed by atoms with Gasteiger partial charge < -0.3 is 29.0 Å². The third kappa shape index (κ3) is 8.03. The zero-order chi connectivity index (χ0) is 39.4. The Morgan fingerprint density at radius 3 is 1.86 bits per heavy atom. The summed E-state index contributed by atoms with van der Waals surface area (Å²) in [4.78, 5) is 47.9. The van der Waals surface area contributed by atoms with Crippen molar-refractivity contribution in [2.24, 2.45) is 0 Å². The van der Waals surface area contributed by atoms with Gasteiger partial charge in [0.1, 0.15) is 40.4 Å². The highest BCUT2D eigenvalue weighted by molar-refractivity contribution is 6.31. The minimum absolute atomic E-state index is 0. The minimum Gasteiger partial charge on any atom is -0.484 e. The van der Waals surface area contributed by atoms with Gasteiger partial charge in [-0.2, -0.15) is 0 Å². The average molecular weight is 830 g/mol. The smallest absolute Gasteiger partial charge is 0.411 e. The van der Waals surface area contributed by atoms with E-state index in [9.17, 15) is 14.4 Å². The number of carbonyl (C=O) groups excluding carboxylic acids is 3. The molecular weight excluding hydrogens is 783 g/mol. The topological polar surface area (TPSA) is 138 Å². The summed E-state index contributed by atoms with van der Waals surface area (Å²) in [7, 11) is 2.73. The highest BCUT2D eigenvalue weighted by Gasteiger charge is 2.54. The molecule has 2 spiro atoms. The maximum absolute atomic E-state index is 12.9. The SMILES string of the molecule is COC(=O)[C@@H]1CC2(CCc3c(c(C)nc4ccc(Cl)cc34)O2)CN1.COC(=O)[C@@H]1CC2(CCc3c(c(C)nc4ccc(Cl)cc34)O2)CN1C(=O)OC(C)(C)C.Cl. The van der Waals surface area contributed by atoms with E-state index in [-0.39, 0.29) is 36.6 Å². The first-order valence-corrected chi connectivity index (χ1v) is 19.2. The van der Waals surface area contributed by atoms with E-state index in [1.54, 1.807) is 20.8 Å². The van der Waals surface area contributed by atoms with E-state index in [2.05, 4.69) is 15.3 Å². The molecule has 2 aromatic carbocycles. The fourth-order valence-corrected chi connectivity index (χ4v) is 8.66. The number of likely N-dealkylation sites (tertiary alicyclic amines) is 1. The fraction of sp³-hybridized carbons (Fsp3) is 0.488. The van der Waals surface area contributed by atoms with Crippen molar-refractivity contribution in [1.82, 2.24) is 20.2 Å². The first-order chi connectivity index (χ1) is 26.0. The molecule has 0 saturated carbocycles. The Labute approximate surface area is 342 Å². The molecule has 2 fully saturated rings. The van der Waals surface area contributed by atoms with Gasteiger partial charge in [0.2, 0.25) is 0 Å². The molecule has 0 aliphatic carbocycles. The van der Waals surface area contributed by atoms with Crippen molar-refractivity contribution >= 4 is 75.4 Å². The number of methoxy groups -OCH3 is 2. The number of fused-ring (bicyclic) bond motifs is 6. The van der Waals surface area contributed by atoms with E-state index in [0.717, 1.165) is 69.3 Å². The Morgan fingerprint density at radius 1 is 0.821 bits per heavy atom. The molecule has 300 valence electrons. The van der Waals surface area contributed by atoms with Gasteiger partial charge in [-0.05, 0) is 96.7 Å². The summed E-state index contributed by atoms with van der Waals surface area (Å²) < 4.78 is 28.3. The van der Waals surface area contributed by atoms with Crippen LogP contribution in [0.2, 0.25) is 10.0 Å². The Bertz CT molecular complexity index is 2210. The summed E-state index contributed by atoms with van der Waals surface area (Å²) >= 11 is 12.4. The second-order valence-electron chi connectivity index (χ2n) is 15.9. The van der Waals surface area contributed by atoms with Crippen LogP contribution in [0.3, 0.4) is 0 Å². The van der Waals surface area contributed by atoms with Crippen molar-refractivity contribution < 1.29 is 38.1 Å². The first-order valence-electron chi connectivity index (χ1n) is 18.5. The predicted octanol–water partition coefficient (Wildman–Crippen LogP) is 7.66. The molecule has 1 amide bonds. The van der Waals surface area contributed by atoms with E-state index in [1.165, 1.54) is 19.1 Å². The van der Waals surface area contributed by atoms with Crippen LogP contribution in [0, 0.1) is 13.8 Å². The van der Waals surface area contributed by atoms with Crippen LogP contribution in [0.25, 0.3) is 21.8 Å². The van der Waals surface area contributed by atoms with Crippen LogP contribution in [-0.2, 0) is 36.6 Å². The van der Waals surface area contributed by atoms with Gasteiger partial charge in [0.05, 0.1) is 43.2 Å². The van der Waals surface area contributed by atoms with Gasteiger partial charge in [0.25, 0.3) is 0 Å². The molecule has 8 rings (SSSR count). The van der Waals surface area contributed by atoms with Crippen molar-refractivity contribution in [3.05, 3.63) is 69.0 Å². The van der Waals surface area contributed by atoms with Crippen LogP contribution >= 0.6 is 35.6 Å². The predicted molar refractivity (Wildman–Crippen MR) is 215 cm³/mol. The molecule has 4 aromatic rings. The number of ether oxygens (including phenoxy) is 5. The second kappa shape index (κ2) is 15.7. The number of hydrogen-bond donors (Lipinski definition) is 1. The van der Waals surface area contributed by atoms with Gasteiger partial charge in [-0.1, -0.05) is 23.2 Å². The van der Waals surface area contributed by atoms with E-state index in [0.29, 0.717) is 41.6 Å². The molecule has 2 saturated heterocycles. The maximum Gasteiger partial charge on any atom is 0.411 e. The molecule has 15 heteroatoms. The highest BCUT2D eigenvalue weighted by Crippen LogP contribution is 2.46. The van der Waals surface area contributed by atoms with Crippen LogP contribution < -0.4 is 14.8 Å². The lowest BCUT2D eigenvalue weighted by Gasteiger charge is -2.36. The van der Waals surface area contributed by atoms with Crippen LogP contribution in [-0.4, -0.2) is 89.1 Å². The molecule has 4 atom stereocenters. The molecule has 0 radical (unpaired) electrons. The van der Waals surface area contributed by atoms with Gasteiger partial charge in [0.15, 0.2) is 0 Å². The molecule has 0 bridgehead atoms. The number of hydrogen-bond acceptors (Lipinski definition) is 11. The lowest BCUT2D eigenvalue weighted by Crippen LogP contribution is -2.46. The van der Waals surface area contributed by atoms with Crippen LogP contribution in [0.5, 0.6) is 11.5 Å². The molecule has 1 N–H and O–H groups in total. The van der Waals surface area contributed by atoms with E-state index in [4.69, 9.17) is 46.9 Å². The number of pyridine rings is 2. The number of nitrogens with zero attached hydrogens (tertiary/aromatic N) is 3. The Kier molecular flexibility index (Phi) is 11.6. The van der Waals surface area contributed by atoms with Crippen LogP contribution in [0.15, 0.2) is 36.4 Å². The number of amides is 1. The Morgan fingerprint density at radius 2 is 1.34 bits per heavy atom. The quantitative estimate of drug-likeness (QED) is 0.158. The lowest BCUT2D eigenvalue weighted by atomic mass is 9.87. The average Bonchev–Trinajstić information content (AvgIpc) is 3.73. The number of rotatable bonds is 2. The molecule has 56 heavy (non-hydrogen) atoms. The molecular formula is C41H47Cl3N4O8. The number of carbonyl (C=O) groups is 3. The molecule has 12 nitrogen and oxygen atoms in total. The van der Waals surface area contributed by atoms with E-state index >= 15 is 0 Å². The van der Waals surface area contributed by atoms with Gasteiger partial charge >= 0.3 is 18.0 Å². The van der Waals surface area contributed by atoms with E-state index < -0.39 is 29.3 Å². The second-order valence-corrected chi connectivity index (χ2v) is 16.8. The summed E-state index contributed by atoms with van der Waals surface area (Å²) in [6.45, 7) is 10.1. The van der Waals surface area contributed by atoms with Crippen molar-refractivity contribution in [1.29, 1.82) is 0 Å². The van der Waals surface area contributed by atoms with Gasteiger partial charge in [0, 0.05) is 51.3 Å². The minimum atomic E-state index is -0.760. The largest absolute Gasteiger partial charge is 0.484 e. The van der Waals surface area contributed by atoms with Crippen molar-refractivity contribution in [2.45, 2.75) is 102 Å². The molecule has 2 unspecified atom stereocenters. The lowest BCUT2D eigenvalue weighted by molar-refractivity contribution is -0.146. The third-order valence-electron chi connectivity index (χ3n) is 10.9. The summed E-state index contributed by atoms with van der Waals surface area (Å²) in [5, 5.41) is 6.58. The first kappa shape index (κ1) is 41.5. The highest BCUT2D eigenvalue weighted by atomic mass is 35.5. The summed E-state index contributed by atoms with van der Waals surface area (Å²) in [5.41, 5.74) is 3.92. The molecule has 6 heterocycles. The molecule has 4 aliphatic rings. The van der Waals surface area contributed by atoms with Gasteiger partial charge in [-0.25, -0.2) is 19.6 Å². The number of halogens is 3. The summed E-state index contributed by atoms with van der Waals surface area (Å²) in [6, 6.07) is 10.3. The Balaban J connectivity index is 0.000000192. The number of aromatic nitrogens is 2. The number of aryl methyl sites for hydroxylation is 4. The zero-order valence-corrected chi connectivity index (χ0v) is 34.9. The third-order valence-corrected chi connectivity index (χ3v) is 11.4. The summed E-state index contributed by atoms with van der Waals surface area (Å²) in [5.74, 6) is 0.831. The molecule has 4 aliphatic heterocycles. The fourth-order valence-electron chi connectivity index (χ4n) is 8.31. The zero-order valence-electron chi connectivity index (χ0n) is 32.5. The maximum atomic E-state index is 12.9. The van der Waals surface area contributed by atoms with Gasteiger partial charge in [-0.3, -0.25) is 9.69 Å². The standard InChI is InChI=1S/C23H27ClN2O5.C18H19ClN2O3.ClH/c1-13-19-15(16-10-14(24)6-7-17(16)25-13)8-9-23(30-19)11-18(20(27)29-5)26(12-23)21(28)31-22(2,3)4;1-10-16-12(13-7-11(19)3-4-14(13)21-10)5-6-18(24-16)8-15(20-9-18)17(22)23-2;/h6-7,10,18H,8-9,11-12H2,1-5H3;3-4,7,15,20H,5-6,8-9H2,1-2H3;1H/t18-,23?;15-,18?;/m00./s1. The van der Waals surface area contributed by atoms with Crippen molar-refractivity contribution in [3.8, 4) is 11.5 Å². The van der Waals surface area contributed by atoms with Gasteiger partial charge in [-0.15, -0.1) is 12.4 Å².